The highest BCUT2D eigenvalue weighted by molar-refractivity contribution is 7.99. The number of fused-ring (bicyclic) bond motifs is 1. The molecule has 754 valence electrons. The van der Waals surface area contributed by atoms with Crippen LogP contribution in [0, 0.1) is 6.92 Å². The Labute approximate surface area is 872 Å². The van der Waals surface area contributed by atoms with Crippen molar-refractivity contribution in [2.75, 3.05) is 6.61 Å². The number of ether oxygens (including phenoxy) is 1. The van der Waals surface area contributed by atoms with E-state index in [0.717, 1.165) is 79.8 Å². The molecule has 26 nitrogen and oxygen atoms in total. The zero-order chi connectivity index (χ0) is 106. The predicted molar refractivity (Wildman–Crippen MR) is 582 cm³/mol. The van der Waals surface area contributed by atoms with Gasteiger partial charge in [0, 0.05) is 62.4 Å². The Morgan fingerprint density at radius 2 is 0.752 bits per heavy atom. The zero-order valence-corrected chi connectivity index (χ0v) is 85.1. The van der Waals surface area contributed by atoms with E-state index >= 15 is 0 Å². The molecule has 1 saturated carbocycles. The quantitative estimate of drug-likeness (QED) is 0.00590. The lowest BCUT2D eigenvalue weighted by atomic mass is 9.99. The predicted octanol–water partition coefficient (Wildman–Crippen LogP) is 25.6. The average Bonchev–Trinajstić information content (AvgIpc) is 0.811. The summed E-state index contributed by atoms with van der Waals surface area (Å²) in [6.07, 6.45) is 8.29. The Bertz CT molecular complexity index is 7280. The fourth-order valence-corrected chi connectivity index (χ4v) is 15.6. The summed E-state index contributed by atoms with van der Waals surface area (Å²) in [7, 11) is -3.87. The van der Waals surface area contributed by atoms with Crippen LogP contribution < -0.4 is 0 Å². The molecule has 0 aromatic heterocycles. The first-order valence-electron chi connectivity index (χ1n) is 46.8. The lowest BCUT2D eigenvalue weighted by Gasteiger charge is -2.10. The van der Waals surface area contributed by atoms with Gasteiger partial charge in [0.1, 0.15) is 10.6 Å². The minimum Gasteiger partial charge on any atom is -0.479 e. The van der Waals surface area contributed by atoms with Crippen molar-refractivity contribution in [3.63, 3.8) is 0 Å². The second-order valence-electron chi connectivity index (χ2n) is 31.8. The van der Waals surface area contributed by atoms with Crippen LogP contribution in [-0.4, -0.2) is 107 Å². The summed E-state index contributed by atoms with van der Waals surface area (Å²) in [4.78, 5) is 122. The lowest BCUT2D eigenvalue weighted by molar-refractivity contribution is -0.139. The highest BCUT2D eigenvalue weighted by Gasteiger charge is 2.23. The van der Waals surface area contributed by atoms with Crippen LogP contribution in [0.1, 0.15) is 164 Å². The Morgan fingerprint density at radius 3 is 1.21 bits per heavy atom. The first-order valence-corrected chi connectivity index (χ1v) is 50.1. The third-order valence-electron chi connectivity index (χ3n) is 20.8. The fourth-order valence-electron chi connectivity index (χ4n) is 13.1. The van der Waals surface area contributed by atoms with Gasteiger partial charge in [0.05, 0.1) is 50.9 Å². The molecular weight excluding hydrogens is 1940 g/mol. The number of nitrogens with zero attached hydrogens (tertiary/aromatic N) is 7. The highest BCUT2D eigenvalue weighted by Crippen LogP contribution is 2.29. The van der Waals surface area contributed by atoms with E-state index in [1.165, 1.54) is 25.5 Å². The van der Waals surface area contributed by atoms with Crippen molar-refractivity contribution in [1.82, 2.24) is 0 Å². The second-order valence-corrected chi connectivity index (χ2v) is 35.5. The third kappa shape index (κ3) is 38.5. The molecule has 16 rings (SSSR count). The van der Waals surface area contributed by atoms with Crippen LogP contribution in [0.25, 0.3) is 10.8 Å². The number of oxime groups is 7. The number of benzene rings is 15. The number of hydrogen-bond donors (Lipinski definition) is 0. The van der Waals surface area contributed by atoms with Gasteiger partial charge < -0.3 is 28.9 Å². The largest absolute Gasteiger partial charge is 0.479 e. The van der Waals surface area contributed by atoms with Crippen LogP contribution in [0.2, 0.25) is 0 Å². The van der Waals surface area contributed by atoms with Crippen molar-refractivity contribution < 1.29 is 88.5 Å². The number of aryl methyl sites for hydroxylation is 1. The highest BCUT2D eigenvalue weighted by atomic mass is 32.2. The SMILES string of the molecule is C/C(=N\OS(=O)(=O)c1ccc(C)cc1)c1ccccc1.C/C(=N\OS(=O)c1cccc2ccccc12)c1ccccc1.C=C(/C=C\C)C(=O)O/N=C(/C)OCC.CC(=O)/C(=N\OC(=O)c1ccccc1)c1ccccc1.O=C(O/N=C(/C(=O)c1ccc(Sc2ccccc2)cc1)c1ccccc1)c1ccccc1.O=C(ON=C(c1ccccc1)c1ccccc1)c1ccccc1.O=C(ON=C1CCCCC1)C(=O)c1ccccc1. The van der Waals surface area contributed by atoms with Gasteiger partial charge in [0.15, 0.2) is 17.2 Å². The van der Waals surface area contributed by atoms with Gasteiger partial charge in [-0.3, -0.25) is 23.0 Å². The molecular formula is C120H107N7O19S3. The number of ketones is 3. The molecule has 1 aliphatic rings. The molecule has 0 aliphatic heterocycles. The molecule has 1 aliphatic carbocycles. The number of Topliss-reactive ketones (excluding diaryl/α,β-unsaturated/α-hetero) is 3. The summed E-state index contributed by atoms with van der Waals surface area (Å²) >= 11 is -0.0261. The molecule has 29 heteroatoms. The van der Waals surface area contributed by atoms with Crippen LogP contribution in [0.4, 0.5) is 0 Å². The van der Waals surface area contributed by atoms with Crippen LogP contribution in [0.3, 0.4) is 0 Å². The number of carbonyl (C=O) groups is 8. The summed E-state index contributed by atoms with van der Waals surface area (Å²) < 4.78 is 51.2. The van der Waals surface area contributed by atoms with Crippen molar-refractivity contribution in [3.05, 3.63) is 516 Å². The topological polar surface area (TPSA) is 348 Å². The molecule has 1 fully saturated rings. The van der Waals surface area contributed by atoms with E-state index in [1.54, 1.807) is 239 Å². The van der Waals surface area contributed by atoms with Gasteiger partial charge in [-0.1, -0.05) is 407 Å². The standard InChI is InChI=1S/C27H19NO3S.C20H15NO2.C18H15NO2S.C16H13NO3.C15H15NO3S.C14H15NO3.C10H15NO3/c29-26(21-16-18-24(19-17-21)32-23-14-8-3-9-15-23)25(20-10-4-1-5-11-20)28-31-27(30)22-12-6-2-7-13-22;22-20(18-14-8-3-9-15-18)23-21-19(16-10-4-1-5-11-16)17-12-6-2-7-13-17;1-14(15-8-3-2-4-9-15)19-21-22(20)18-13-7-11-16-10-5-6-12-17(16)18;1-12(18)15(13-8-4-2-5-9-13)17-20-16(19)14-10-6-3-7-11-14;1-12-8-10-15(11-9-12)20(17,18)19-16-13(2)14-6-4-3-5-7-14;16-13(11-7-3-1-4-8-11)14(17)18-15-12-9-5-2-6-10-12;1-5-7-8(3)10(12)14-11-9(4)13-6-2/h1-19H;1-15H;2-13H,1H3;2-11H,1H3;3-11H,1-2H3;1,3-4,7-8H,2,5-6,9-10H2;5,7H,3,6H2,1-2,4H3/b28-25+;;19-14+;17-15+;16-13+;;7-5-,11-9-. The van der Waals surface area contributed by atoms with E-state index in [1.807, 2.05) is 239 Å². The summed E-state index contributed by atoms with van der Waals surface area (Å²) in [5, 5.41) is 28.6. The Balaban J connectivity index is 0.000000180. The summed E-state index contributed by atoms with van der Waals surface area (Å²) in [5.41, 5.74) is 10.8. The first kappa shape index (κ1) is 113. The third-order valence-corrected chi connectivity index (χ3v) is 23.9. The number of allylic oxidation sites excluding steroid dienone is 1. The maximum absolute atomic E-state index is 13.2. The van der Waals surface area contributed by atoms with Crippen LogP contribution in [0.5, 0.6) is 0 Å². The van der Waals surface area contributed by atoms with Gasteiger partial charge in [0.2, 0.25) is 11.7 Å². The molecule has 15 aromatic rings. The fraction of sp³-hybridized carbons (Fsp3) is 0.108. The van der Waals surface area contributed by atoms with Crippen molar-refractivity contribution in [1.29, 1.82) is 0 Å². The van der Waals surface area contributed by atoms with Crippen molar-refractivity contribution in [3.8, 4) is 0 Å². The molecule has 0 N–H and O–H groups in total. The number of rotatable bonds is 30. The first-order chi connectivity index (χ1) is 72.4. The summed E-state index contributed by atoms with van der Waals surface area (Å²) in [6.45, 7) is 16.0. The normalized spacial score (nSPS) is 11.8. The number of carbonyl (C=O) groups excluding carboxylic acids is 8. The molecule has 149 heavy (non-hydrogen) atoms. The van der Waals surface area contributed by atoms with E-state index in [9.17, 15) is 51.0 Å². The lowest BCUT2D eigenvalue weighted by Crippen LogP contribution is -2.17. The molecule has 0 bridgehead atoms. The molecule has 0 spiro atoms. The van der Waals surface area contributed by atoms with Crippen molar-refractivity contribution >= 4 is 131 Å². The Kier molecular flexibility index (Phi) is 46.8. The molecule has 0 amide bonds. The van der Waals surface area contributed by atoms with Gasteiger partial charge in [0.25, 0.3) is 16.9 Å². The number of hydrogen-bond acceptors (Lipinski definition) is 27. The maximum Gasteiger partial charge on any atom is 0.405 e. The molecule has 15 aromatic carbocycles. The second kappa shape index (κ2) is 61.8. The monoisotopic (exact) mass is 2050 g/mol. The van der Waals surface area contributed by atoms with Crippen LogP contribution in [-0.2, 0) is 73.1 Å². The smallest absolute Gasteiger partial charge is 0.405 e. The van der Waals surface area contributed by atoms with E-state index in [-0.39, 0.29) is 33.5 Å². The van der Waals surface area contributed by atoms with Gasteiger partial charge in [-0.2, -0.15) is 8.42 Å². The van der Waals surface area contributed by atoms with E-state index in [4.69, 9.17) is 32.7 Å². The maximum atomic E-state index is 13.2. The minimum atomic E-state index is -3.87. The van der Waals surface area contributed by atoms with E-state index in [2.05, 4.69) is 47.5 Å². The Hall–Kier alpha value is -18.1. The van der Waals surface area contributed by atoms with Crippen molar-refractivity contribution in [2.24, 2.45) is 36.1 Å². The van der Waals surface area contributed by atoms with E-state index < -0.39 is 56.8 Å². The average molecular weight is 2050 g/mol. The molecule has 1 atom stereocenters. The molecule has 0 radical (unpaired) electrons. The van der Waals surface area contributed by atoms with E-state index in [0.29, 0.717) is 73.5 Å². The molecule has 0 saturated heterocycles. The molecule has 1 unspecified atom stereocenters. The summed E-state index contributed by atoms with van der Waals surface area (Å²) in [6, 6.07) is 127. The van der Waals surface area contributed by atoms with Crippen LogP contribution >= 0.6 is 11.8 Å². The van der Waals surface area contributed by atoms with Gasteiger partial charge in [-0.05, 0) is 173 Å². The van der Waals surface area contributed by atoms with Gasteiger partial charge in [-0.25, -0.2) is 28.2 Å². The Morgan fingerprint density at radius 1 is 0.369 bits per heavy atom. The zero-order valence-electron chi connectivity index (χ0n) is 82.6. The molecule has 0 heterocycles. The summed E-state index contributed by atoms with van der Waals surface area (Å²) in [5.74, 6) is -4.13. The van der Waals surface area contributed by atoms with Gasteiger partial charge in [-0.15, -0.1) is 0 Å². The van der Waals surface area contributed by atoms with Gasteiger partial charge >= 0.3 is 40.0 Å². The minimum absolute atomic E-state index is 0.0679. The van der Waals surface area contributed by atoms with Crippen LogP contribution in [0.15, 0.2) is 505 Å². The van der Waals surface area contributed by atoms with Crippen molar-refractivity contribution in [2.45, 2.75) is 100 Å².